The van der Waals surface area contributed by atoms with Crippen LogP contribution in [0.25, 0.3) is 0 Å². The Labute approximate surface area is 136 Å². The number of carbonyl (C=O) groups is 1. The van der Waals surface area contributed by atoms with E-state index in [0.29, 0.717) is 17.7 Å². The molecule has 0 amide bonds. The number of carbonyl (C=O) groups excluding carboxylic acids is 1. The molecule has 0 radical (unpaired) electrons. The molecular formula is C19H21NO3. The molecule has 4 heteroatoms. The van der Waals surface area contributed by atoms with Gasteiger partial charge in [-0.25, -0.2) is 0 Å². The number of methoxy groups -OCH3 is 2. The van der Waals surface area contributed by atoms with E-state index in [0.717, 1.165) is 17.1 Å². The van der Waals surface area contributed by atoms with Crippen LogP contribution in [0.1, 0.15) is 23.7 Å². The molecule has 120 valence electrons. The molecule has 2 aromatic rings. The van der Waals surface area contributed by atoms with Gasteiger partial charge < -0.3 is 14.8 Å². The Morgan fingerprint density at radius 2 is 1.83 bits per heavy atom. The number of ketones is 1. The van der Waals surface area contributed by atoms with Gasteiger partial charge in [0.2, 0.25) is 0 Å². The summed E-state index contributed by atoms with van der Waals surface area (Å²) in [5.41, 5.74) is 2.28. The lowest BCUT2D eigenvalue weighted by atomic mass is 10.1. The molecule has 0 spiro atoms. The monoisotopic (exact) mass is 311 g/mol. The van der Waals surface area contributed by atoms with Crippen LogP contribution in [-0.2, 0) is 0 Å². The van der Waals surface area contributed by atoms with Crippen LogP contribution in [0.3, 0.4) is 0 Å². The number of anilines is 1. The predicted molar refractivity (Wildman–Crippen MR) is 92.3 cm³/mol. The Morgan fingerprint density at radius 3 is 2.43 bits per heavy atom. The van der Waals surface area contributed by atoms with Gasteiger partial charge >= 0.3 is 0 Å². The van der Waals surface area contributed by atoms with E-state index >= 15 is 0 Å². The maximum atomic E-state index is 12.3. The fourth-order valence-corrected chi connectivity index (χ4v) is 2.15. The van der Waals surface area contributed by atoms with Crippen LogP contribution < -0.4 is 14.8 Å². The molecule has 2 aromatic carbocycles. The van der Waals surface area contributed by atoms with Crippen LogP contribution >= 0.6 is 0 Å². The Hall–Kier alpha value is -2.75. The van der Waals surface area contributed by atoms with Gasteiger partial charge in [0.15, 0.2) is 5.78 Å². The summed E-state index contributed by atoms with van der Waals surface area (Å²) >= 11 is 0. The zero-order chi connectivity index (χ0) is 16.7. The minimum Gasteiger partial charge on any atom is -0.497 e. The first-order valence-corrected chi connectivity index (χ1v) is 7.47. The van der Waals surface area contributed by atoms with E-state index in [2.05, 4.69) is 5.32 Å². The van der Waals surface area contributed by atoms with Gasteiger partial charge in [0, 0.05) is 23.4 Å². The lowest BCUT2D eigenvalue weighted by Gasteiger charge is -2.14. The Balaban J connectivity index is 2.22. The highest BCUT2D eigenvalue weighted by atomic mass is 16.5. The number of hydrogen-bond donors (Lipinski definition) is 1. The highest BCUT2D eigenvalue weighted by Crippen LogP contribution is 2.30. The third-order valence-corrected chi connectivity index (χ3v) is 3.45. The Kier molecular flexibility index (Phi) is 5.80. The molecule has 0 saturated heterocycles. The molecule has 0 aliphatic rings. The van der Waals surface area contributed by atoms with Gasteiger partial charge in [-0.3, -0.25) is 4.79 Å². The summed E-state index contributed by atoms with van der Waals surface area (Å²) in [5, 5.41) is 3.26. The summed E-state index contributed by atoms with van der Waals surface area (Å²) in [6.07, 6.45) is 2.33. The molecule has 0 aliphatic heterocycles. The second kappa shape index (κ2) is 8.03. The standard InChI is InChI=1S/C19H21NO3/c1-4-15(12-18(21)14-8-6-5-7-9-14)20-17-11-10-16(22-2)13-19(17)23-3/h5-13,20H,4H2,1-3H3/b15-12-. The minimum absolute atomic E-state index is 0.0255. The average molecular weight is 311 g/mol. The van der Waals surface area contributed by atoms with E-state index in [-0.39, 0.29) is 5.78 Å². The van der Waals surface area contributed by atoms with Gasteiger partial charge in [-0.2, -0.15) is 0 Å². The van der Waals surface area contributed by atoms with Crippen molar-refractivity contribution in [3.05, 3.63) is 65.9 Å². The van der Waals surface area contributed by atoms with E-state index in [1.807, 2.05) is 37.3 Å². The summed E-state index contributed by atoms with van der Waals surface area (Å²) in [6, 6.07) is 14.7. The van der Waals surface area contributed by atoms with Crippen molar-refractivity contribution in [1.29, 1.82) is 0 Å². The van der Waals surface area contributed by atoms with Crippen LogP contribution in [0.5, 0.6) is 11.5 Å². The lowest BCUT2D eigenvalue weighted by Crippen LogP contribution is -2.04. The second-order valence-corrected chi connectivity index (χ2v) is 4.94. The van der Waals surface area contributed by atoms with Crippen LogP contribution in [0, 0.1) is 0 Å². The fraction of sp³-hybridized carbons (Fsp3) is 0.211. The first kappa shape index (κ1) is 16.6. The summed E-state index contributed by atoms with van der Waals surface area (Å²) in [7, 11) is 3.21. The summed E-state index contributed by atoms with van der Waals surface area (Å²) in [5.74, 6) is 1.35. The zero-order valence-corrected chi connectivity index (χ0v) is 13.6. The van der Waals surface area contributed by atoms with Gasteiger partial charge in [-0.1, -0.05) is 37.3 Å². The number of benzene rings is 2. The summed E-state index contributed by atoms with van der Waals surface area (Å²) in [4.78, 5) is 12.3. The van der Waals surface area contributed by atoms with Crippen molar-refractivity contribution in [2.45, 2.75) is 13.3 Å². The zero-order valence-electron chi connectivity index (χ0n) is 13.6. The topological polar surface area (TPSA) is 47.6 Å². The fourth-order valence-electron chi connectivity index (χ4n) is 2.15. The largest absolute Gasteiger partial charge is 0.497 e. The van der Waals surface area contributed by atoms with Crippen LogP contribution in [0.4, 0.5) is 5.69 Å². The molecule has 23 heavy (non-hydrogen) atoms. The van der Waals surface area contributed by atoms with E-state index in [9.17, 15) is 4.79 Å². The third-order valence-electron chi connectivity index (χ3n) is 3.45. The maximum Gasteiger partial charge on any atom is 0.187 e. The summed E-state index contributed by atoms with van der Waals surface area (Å²) in [6.45, 7) is 1.99. The predicted octanol–water partition coefficient (Wildman–Crippen LogP) is 4.29. The van der Waals surface area contributed by atoms with E-state index in [4.69, 9.17) is 9.47 Å². The molecule has 1 N–H and O–H groups in total. The Morgan fingerprint density at radius 1 is 1.09 bits per heavy atom. The number of allylic oxidation sites excluding steroid dienone is 2. The molecule has 0 aliphatic carbocycles. The van der Waals surface area contributed by atoms with Crippen molar-refractivity contribution in [1.82, 2.24) is 0 Å². The maximum absolute atomic E-state index is 12.3. The Bertz CT molecular complexity index is 693. The van der Waals surface area contributed by atoms with Crippen LogP contribution in [-0.4, -0.2) is 20.0 Å². The molecule has 0 fully saturated rings. The van der Waals surface area contributed by atoms with Crippen molar-refractivity contribution in [3.63, 3.8) is 0 Å². The van der Waals surface area contributed by atoms with Gasteiger partial charge in [-0.05, 0) is 18.6 Å². The van der Waals surface area contributed by atoms with Gasteiger partial charge in [0.25, 0.3) is 0 Å². The van der Waals surface area contributed by atoms with Crippen molar-refractivity contribution >= 4 is 11.5 Å². The van der Waals surface area contributed by atoms with Crippen molar-refractivity contribution in [3.8, 4) is 11.5 Å². The molecule has 0 bridgehead atoms. The molecule has 0 aromatic heterocycles. The minimum atomic E-state index is -0.0255. The number of hydrogen-bond acceptors (Lipinski definition) is 4. The van der Waals surface area contributed by atoms with E-state index < -0.39 is 0 Å². The van der Waals surface area contributed by atoms with Crippen LogP contribution in [0.15, 0.2) is 60.3 Å². The molecular weight excluding hydrogens is 290 g/mol. The number of rotatable bonds is 7. The van der Waals surface area contributed by atoms with Gasteiger partial charge in [0.1, 0.15) is 11.5 Å². The van der Waals surface area contributed by atoms with Gasteiger partial charge in [0.05, 0.1) is 19.9 Å². The molecule has 0 heterocycles. The quantitative estimate of drug-likeness (QED) is 0.612. The second-order valence-electron chi connectivity index (χ2n) is 4.94. The molecule has 4 nitrogen and oxygen atoms in total. The third kappa shape index (κ3) is 4.36. The smallest absolute Gasteiger partial charge is 0.187 e. The molecule has 0 saturated carbocycles. The first-order chi connectivity index (χ1) is 11.2. The highest BCUT2D eigenvalue weighted by Gasteiger charge is 2.08. The molecule has 2 rings (SSSR count). The lowest BCUT2D eigenvalue weighted by molar-refractivity contribution is 0.104. The first-order valence-electron chi connectivity index (χ1n) is 7.47. The normalized spacial score (nSPS) is 11.0. The van der Waals surface area contributed by atoms with Crippen molar-refractivity contribution < 1.29 is 14.3 Å². The van der Waals surface area contributed by atoms with Crippen LogP contribution in [0.2, 0.25) is 0 Å². The van der Waals surface area contributed by atoms with Gasteiger partial charge in [-0.15, -0.1) is 0 Å². The molecule has 0 atom stereocenters. The van der Waals surface area contributed by atoms with Crippen molar-refractivity contribution in [2.24, 2.45) is 0 Å². The highest BCUT2D eigenvalue weighted by molar-refractivity contribution is 6.05. The number of ether oxygens (including phenoxy) is 2. The summed E-state index contributed by atoms with van der Waals surface area (Å²) < 4.78 is 10.6. The van der Waals surface area contributed by atoms with E-state index in [1.165, 1.54) is 0 Å². The van der Waals surface area contributed by atoms with Crippen molar-refractivity contribution in [2.75, 3.05) is 19.5 Å². The number of nitrogens with one attached hydrogen (secondary N) is 1. The molecule has 0 unspecified atom stereocenters. The average Bonchev–Trinajstić information content (AvgIpc) is 2.61. The van der Waals surface area contributed by atoms with E-state index in [1.54, 1.807) is 38.5 Å². The SMILES string of the molecule is CC/C(=C/C(=O)c1ccccc1)Nc1ccc(OC)cc1OC.